The monoisotopic (exact) mass is 322 g/mol. The summed E-state index contributed by atoms with van der Waals surface area (Å²) in [6.07, 6.45) is 2.63. The smallest absolute Gasteiger partial charge is 0.117 e. The third-order valence-electron chi connectivity index (χ3n) is 3.13. The zero-order valence-electron chi connectivity index (χ0n) is 11.1. The molecule has 19 heavy (non-hydrogen) atoms. The minimum Gasteiger partial charge on any atom is -0.468 e. The first-order valence-corrected chi connectivity index (χ1v) is 7.16. The molecule has 2 N–H and O–H groups in total. The third kappa shape index (κ3) is 4.49. The molecule has 2 rings (SSSR count). The lowest BCUT2D eigenvalue weighted by Gasteiger charge is -2.18. The van der Waals surface area contributed by atoms with Gasteiger partial charge in [-0.3, -0.25) is 4.90 Å². The van der Waals surface area contributed by atoms with Crippen LogP contribution in [0, 0.1) is 0 Å². The molecular weight excluding hydrogens is 304 g/mol. The zero-order valence-corrected chi connectivity index (χ0v) is 12.6. The Labute approximate surface area is 122 Å². The summed E-state index contributed by atoms with van der Waals surface area (Å²) in [7, 11) is 2.08. The first-order valence-electron chi connectivity index (χ1n) is 6.37. The summed E-state index contributed by atoms with van der Waals surface area (Å²) in [4.78, 5) is 2.22. The van der Waals surface area contributed by atoms with Gasteiger partial charge in [-0.05, 0) is 43.3 Å². The molecule has 0 aliphatic heterocycles. The number of rotatable bonds is 6. The molecule has 1 unspecified atom stereocenters. The molecule has 0 saturated carbocycles. The number of halogens is 1. The standard InChI is InChI=1S/C15H19BrN2O/c1-18(11-14-3-2-10-19-14)9-8-15(17)12-4-6-13(16)7-5-12/h2-7,10,15H,8-9,11,17H2,1H3. The van der Waals surface area contributed by atoms with Gasteiger partial charge in [0.15, 0.2) is 0 Å². The third-order valence-corrected chi connectivity index (χ3v) is 3.65. The number of benzene rings is 1. The highest BCUT2D eigenvalue weighted by Crippen LogP contribution is 2.18. The lowest BCUT2D eigenvalue weighted by molar-refractivity contribution is 0.284. The van der Waals surface area contributed by atoms with E-state index in [0.29, 0.717) is 0 Å². The van der Waals surface area contributed by atoms with Gasteiger partial charge in [0.05, 0.1) is 12.8 Å². The van der Waals surface area contributed by atoms with Crippen molar-refractivity contribution in [3.63, 3.8) is 0 Å². The van der Waals surface area contributed by atoms with E-state index in [1.165, 1.54) is 5.56 Å². The summed E-state index contributed by atoms with van der Waals surface area (Å²) in [5.41, 5.74) is 7.38. The van der Waals surface area contributed by atoms with E-state index in [1.807, 2.05) is 24.3 Å². The van der Waals surface area contributed by atoms with Crippen molar-refractivity contribution in [3.05, 3.63) is 58.5 Å². The Morgan fingerprint density at radius 2 is 2.00 bits per heavy atom. The average Bonchev–Trinajstić information content (AvgIpc) is 2.89. The van der Waals surface area contributed by atoms with Crippen molar-refractivity contribution in [2.24, 2.45) is 5.73 Å². The fourth-order valence-corrected chi connectivity index (χ4v) is 2.25. The van der Waals surface area contributed by atoms with Crippen LogP contribution in [-0.2, 0) is 6.54 Å². The van der Waals surface area contributed by atoms with E-state index < -0.39 is 0 Å². The van der Waals surface area contributed by atoms with Crippen molar-refractivity contribution in [2.45, 2.75) is 19.0 Å². The highest BCUT2D eigenvalue weighted by Gasteiger charge is 2.08. The molecule has 2 aromatic rings. The molecule has 1 heterocycles. The van der Waals surface area contributed by atoms with Crippen molar-refractivity contribution in [3.8, 4) is 0 Å². The lowest BCUT2D eigenvalue weighted by atomic mass is 10.0. The van der Waals surface area contributed by atoms with Crippen LogP contribution in [-0.4, -0.2) is 18.5 Å². The van der Waals surface area contributed by atoms with Crippen molar-refractivity contribution >= 4 is 15.9 Å². The van der Waals surface area contributed by atoms with Gasteiger partial charge < -0.3 is 10.2 Å². The summed E-state index contributed by atoms with van der Waals surface area (Å²) in [5.74, 6) is 0.986. The first-order chi connectivity index (χ1) is 9.15. The Hall–Kier alpha value is -1.10. The topological polar surface area (TPSA) is 42.4 Å². The summed E-state index contributed by atoms with van der Waals surface area (Å²) >= 11 is 3.43. The van der Waals surface area contributed by atoms with Gasteiger partial charge in [-0.25, -0.2) is 0 Å². The number of hydrogen-bond donors (Lipinski definition) is 1. The molecule has 0 aliphatic rings. The Kier molecular flexibility index (Phi) is 5.19. The fourth-order valence-electron chi connectivity index (χ4n) is 1.98. The van der Waals surface area contributed by atoms with Gasteiger partial charge in [0.1, 0.15) is 5.76 Å². The van der Waals surface area contributed by atoms with Crippen LogP contribution in [0.4, 0.5) is 0 Å². The fraction of sp³-hybridized carbons (Fsp3) is 0.333. The summed E-state index contributed by atoms with van der Waals surface area (Å²) < 4.78 is 6.41. The summed E-state index contributed by atoms with van der Waals surface area (Å²) in [5, 5.41) is 0. The van der Waals surface area contributed by atoms with E-state index in [1.54, 1.807) is 6.26 Å². The van der Waals surface area contributed by atoms with E-state index in [0.717, 1.165) is 29.7 Å². The van der Waals surface area contributed by atoms with E-state index in [4.69, 9.17) is 10.2 Å². The second kappa shape index (κ2) is 6.89. The molecular formula is C15H19BrN2O. The molecule has 0 fully saturated rings. The SMILES string of the molecule is CN(CCC(N)c1ccc(Br)cc1)Cc1ccco1. The Balaban J connectivity index is 1.79. The molecule has 0 aliphatic carbocycles. The van der Waals surface area contributed by atoms with Crippen LogP contribution < -0.4 is 5.73 Å². The average molecular weight is 323 g/mol. The van der Waals surface area contributed by atoms with Gasteiger partial charge in [0.25, 0.3) is 0 Å². The maximum Gasteiger partial charge on any atom is 0.117 e. The van der Waals surface area contributed by atoms with E-state index >= 15 is 0 Å². The second-order valence-corrected chi connectivity index (χ2v) is 5.68. The van der Waals surface area contributed by atoms with Crippen LogP contribution >= 0.6 is 15.9 Å². The van der Waals surface area contributed by atoms with Crippen LogP contribution in [0.25, 0.3) is 0 Å². The quantitative estimate of drug-likeness (QED) is 0.884. The maximum atomic E-state index is 6.20. The van der Waals surface area contributed by atoms with Crippen LogP contribution in [0.2, 0.25) is 0 Å². The van der Waals surface area contributed by atoms with Crippen LogP contribution in [0.5, 0.6) is 0 Å². The predicted octanol–water partition coefficient (Wildman–Crippen LogP) is 3.56. The molecule has 4 heteroatoms. The summed E-state index contributed by atoms with van der Waals surface area (Å²) in [6, 6.07) is 12.2. The van der Waals surface area contributed by atoms with Gasteiger partial charge in [0.2, 0.25) is 0 Å². The minimum atomic E-state index is 0.0761. The largest absolute Gasteiger partial charge is 0.468 e. The molecule has 3 nitrogen and oxygen atoms in total. The van der Waals surface area contributed by atoms with Crippen LogP contribution in [0.1, 0.15) is 23.8 Å². The van der Waals surface area contributed by atoms with Gasteiger partial charge in [-0.15, -0.1) is 0 Å². The number of nitrogens with two attached hydrogens (primary N) is 1. The van der Waals surface area contributed by atoms with E-state index in [9.17, 15) is 0 Å². The first kappa shape index (κ1) is 14.3. The Bertz CT molecular complexity index is 481. The van der Waals surface area contributed by atoms with Crippen molar-refractivity contribution in [1.29, 1.82) is 0 Å². The van der Waals surface area contributed by atoms with E-state index in [2.05, 4.69) is 40.0 Å². The normalized spacial score (nSPS) is 12.8. The van der Waals surface area contributed by atoms with Crippen LogP contribution in [0.15, 0.2) is 51.6 Å². The van der Waals surface area contributed by atoms with E-state index in [-0.39, 0.29) is 6.04 Å². The van der Waals surface area contributed by atoms with Gasteiger partial charge in [-0.1, -0.05) is 28.1 Å². The van der Waals surface area contributed by atoms with Crippen molar-refractivity contribution < 1.29 is 4.42 Å². The Morgan fingerprint density at radius 3 is 2.63 bits per heavy atom. The van der Waals surface area contributed by atoms with Crippen LogP contribution in [0.3, 0.4) is 0 Å². The highest BCUT2D eigenvalue weighted by atomic mass is 79.9. The molecule has 0 spiro atoms. The molecule has 102 valence electrons. The minimum absolute atomic E-state index is 0.0761. The maximum absolute atomic E-state index is 6.20. The molecule has 0 radical (unpaired) electrons. The van der Waals surface area contributed by atoms with Gasteiger partial charge in [-0.2, -0.15) is 0 Å². The molecule has 1 aromatic carbocycles. The molecule has 1 aromatic heterocycles. The van der Waals surface area contributed by atoms with Gasteiger partial charge >= 0.3 is 0 Å². The molecule has 1 atom stereocenters. The molecule has 0 saturated heterocycles. The van der Waals surface area contributed by atoms with Gasteiger partial charge in [0, 0.05) is 17.1 Å². The lowest BCUT2D eigenvalue weighted by Crippen LogP contribution is -2.23. The van der Waals surface area contributed by atoms with Crippen molar-refractivity contribution in [2.75, 3.05) is 13.6 Å². The number of furan rings is 1. The highest BCUT2D eigenvalue weighted by molar-refractivity contribution is 9.10. The summed E-state index contributed by atoms with van der Waals surface area (Å²) in [6.45, 7) is 1.76. The zero-order chi connectivity index (χ0) is 13.7. The molecule has 0 bridgehead atoms. The van der Waals surface area contributed by atoms with Crippen molar-refractivity contribution in [1.82, 2.24) is 4.90 Å². The predicted molar refractivity (Wildman–Crippen MR) is 80.7 cm³/mol. The molecule has 0 amide bonds. The number of hydrogen-bond acceptors (Lipinski definition) is 3. The number of nitrogens with zero attached hydrogens (tertiary/aromatic N) is 1. The second-order valence-electron chi connectivity index (χ2n) is 4.76. The Morgan fingerprint density at radius 1 is 1.26 bits per heavy atom.